The van der Waals surface area contributed by atoms with Gasteiger partial charge in [0.2, 0.25) is 0 Å². The summed E-state index contributed by atoms with van der Waals surface area (Å²) in [4.78, 5) is 17.8. The number of fused-ring (bicyclic) bond motifs is 5. The van der Waals surface area contributed by atoms with Crippen LogP contribution in [0.2, 0.25) is 0 Å². The number of alkyl halides is 5. The second kappa shape index (κ2) is 19.0. The lowest BCUT2D eigenvalue weighted by Crippen LogP contribution is -2.48. The molecule has 0 spiro atoms. The predicted molar refractivity (Wildman–Crippen MR) is 207 cm³/mol. The van der Waals surface area contributed by atoms with Crippen molar-refractivity contribution in [1.29, 1.82) is 0 Å². The van der Waals surface area contributed by atoms with Crippen molar-refractivity contribution < 1.29 is 41.1 Å². The van der Waals surface area contributed by atoms with E-state index in [9.17, 15) is 36.4 Å². The van der Waals surface area contributed by atoms with Gasteiger partial charge in [-0.1, -0.05) is 62.7 Å². The van der Waals surface area contributed by atoms with Gasteiger partial charge in [-0.2, -0.15) is 22.0 Å². The monoisotopic (exact) mass is 800 g/mol. The maximum absolute atomic E-state index is 13.3. The van der Waals surface area contributed by atoms with Crippen LogP contribution in [0.25, 0.3) is 0 Å². The Kier molecular flexibility index (Phi) is 14.8. The molecule has 5 aliphatic rings. The van der Waals surface area contributed by atoms with E-state index in [-0.39, 0.29) is 23.4 Å². The van der Waals surface area contributed by atoms with Gasteiger partial charge in [-0.25, -0.2) is 4.79 Å². The van der Waals surface area contributed by atoms with Gasteiger partial charge in [0.25, 0.3) is 0 Å². The molecule has 1 amide bonds. The minimum absolute atomic E-state index is 0.0222. The summed E-state index contributed by atoms with van der Waals surface area (Å²) in [7, 11) is 0. The summed E-state index contributed by atoms with van der Waals surface area (Å²) in [6.45, 7) is 6.17. The molecule has 2 aliphatic heterocycles. The van der Waals surface area contributed by atoms with Crippen molar-refractivity contribution >= 4 is 17.3 Å². The van der Waals surface area contributed by atoms with Crippen molar-refractivity contribution in [3.8, 4) is 5.75 Å². The molecule has 6 rings (SSSR count). The van der Waals surface area contributed by atoms with E-state index in [4.69, 9.17) is 4.74 Å². The van der Waals surface area contributed by atoms with Gasteiger partial charge in [-0.05, 0) is 149 Å². The van der Waals surface area contributed by atoms with E-state index in [0.717, 1.165) is 103 Å². The number of halogens is 5. The molecule has 6 nitrogen and oxygen atoms in total. The molecule has 312 valence electrons. The van der Waals surface area contributed by atoms with Crippen LogP contribution in [0.5, 0.6) is 5.75 Å². The van der Waals surface area contributed by atoms with Gasteiger partial charge in [-0.3, -0.25) is 0 Å². The van der Waals surface area contributed by atoms with Crippen LogP contribution in [-0.2, 0) is 17.6 Å². The number of benzene rings is 1. The predicted octanol–water partition coefficient (Wildman–Crippen LogP) is 10.4. The lowest BCUT2D eigenvalue weighted by Gasteiger charge is -2.53. The van der Waals surface area contributed by atoms with Gasteiger partial charge < -0.3 is 24.2 Å². The third kappa shape index (κ3) is 10.5. The molecule has 1 N–H and O–H groups in total. The molecule has 2 saturated heterocycles. The van der Waals surface area contributed by atoms with Crippen molar-refractivity contribution in [2.24, 2.45) is 23.2 Å². The second-order valence-electron chi connectivity index (χ2n) is 17.9. The molecule has 12 heteroatoms. The molecule has 2 unspecified atom stereocenters. The van der Waals surface area contributed by atoms with Crippen LogP contribution in [0.1, 0.15) is 146 Å². The van der Waals surface area contributed by atoms with Gasteiger partial charge >= 0.3 is 18.2 Å². The zero-order chi connectivity index (χ0) is 39.2. The zero-order valence-electron chi connectivity index (χ0n) is 32.9. The topological polar surface area (TPSA) is 76.1 Å². The number of likely N-dealkylation sites (tertiary alicyclic amines) is 2. The number of carbonyl (C=O) groups excluding carboxylic acids is 1. The van der Waals surface area contributed by atoms with Crippen LogP contribution in [0.15, 0.2) is 18.2 Å². The molecule has 0 bridgehead atoms. The highest BCUT2D eigenvalue weighted by molar-refractivity contribution is 7.91. The van der Waals surface area contributed by atoms with Crippen LogP contribution in [0.4, 0.5) is 26.7 Å². The summed E-state index contributed by atoms with van der Waals surface area (Å²) in [5, 5.41) is 11.1. The molecule has 0 aromatic heterocycles. The Morgan fingerprint density at radius 2 is 1.56 bits per heavy atom. The first-order chi connectivity index (χ1) is 26.3. The van der Waals surface area contributed by atoms with Crippen LogP contribution in [0.3, 0.4) is 0 Å². The van der Waals surface area contributed by atoms with E-state index in [1.54, 1.807) is 0 Å². The second-order valence-corrected chi connectivity index (χ2v) is 19.5. The van der Waals surface area contributed by atoms with Gasteiger partial charge in [0.1, 0.15) is 17.3 Å². The van der Waals surface area contributed by atoms with Crippen LogP contribution >= 0.6 is 0 Å². The fourth-order valence-corrected chi connectivity index (χ4v) is 12.4. The van der Waals surface area contributed by atoms with Crippen molar-refractivity contribution in [3.63, 3.8) is 0 Å². The molecule has 4 fully saturated rings. The minimum Gasteiger partial charge on any atom is -0.616 e. The Morgan fingerprint density at radius 1 is 0.891 bits per heavy atom. The Balaban J connectivity index is 0.959. The quantitative estimate of drug-likeness (QED) is 0.102. The number of hydrogen-bond donors (Lipinski definition) is 1. The van der Waals surface area contributed by atoms with Crippen molar-refractivity contribution in [1.82, 2.24) is 9.80 Å². The minimum atomic E-state index is -5.55. The van der Waals surface area contributed by atoms with Crippen molar-refractivity contribution in [3.05, 3.63) is 29.3 Å². The first-order valence-electron chi connectivity index (χ1n) is 21.6. The fraction of sp³-hybridized carbons (Fsp3) is 0.837. The third-order valence-corrected chi connectivity index (χ3v) is 15.9. The number of rotatable bonds is 16. The molecular formula is C43H65F5N2O4S. The first-order valence-corrected chi connectivity index (χ1v) is 23.1. The highest BCUT2D eigenvalue weighted by atomic mass is 32.2. The first kappa shape index (κ1) is 43.0. The van der Waals surface area contributed by atoms with E-state index in [1.807, 2.05) is 11.0 Å². The summed E-state index contributed by atoms with van der Waals surface area (Å²) < 4.78 is 81.3. The summed E-state index contributed by atoms with van der Waals surface area (Å²) in [5.74, 6) is -1.84. The molecule has 7 atom stereocenters. The zero-order valence-corrected chi connectivity index (χ0v) is 33.8. The maximum Gasteiger partial charge on any atom is 0.453 e. The number of ether oxygens (including phenoxy) is 1. The van der Waals surface area contributed by atoms with E-state index in [0.29, 0.717) is 47.6 Å². The number of unbranched alkanes of at least 4 members (excludes halogenated alkanes) is 6. The number of nitrogens with zero attached hydrogens (tertiary/aromatic N) is 2. The Hall–Kier alpha value is -1.63. The average molecular weight is 801 g/mol. The van der Waals surface area contributed by atoms with Gasteiger partial charge in [0.05, 0.1) is 6.10 Å². The summed E-state index contributed by atoms with van der Waals surface area (Å²) in [6, 6.07) is 6.94. The van der Waals surface area contributed by atoms with Crippen LogP contribution in [-0.4, -0.2) is 87.5 Å². The Labute approximate surface area is 328 Å². The lowest BCUT2D eigenvalue weighted by molar-refractivity contribution is -0.284. The number of hydrogen-bond acceptors (Lipinski definition) is 5. The molecule has 1 aromatic carbocycles. The maximum atomic E-state index is 13.3. The number of piperidine rings is 2. The van der Waals surface area contributed by atoms with Crippen molar-refractivity contribution in [2.45, 2.75) is 166 Å². The van der Waals surface area contributed by atoms with Gasteiger partial charge in [0.15, 0.2) is 0 Å². The largest absolute Gasteiger partial charge is 0.616 e. The Morgan fingerprint density at radius 3 is 2.27 bits per heavy atom. The number of carbonyl (C=O) groups is 1. The normalized spacial score (nSPS) is 29.7. The van der Waals surface area contributed by atoms with E-state index in [2.05, 4.69) is 24.0 Å². The Bertz CT molecular complexity index is 1390. The summed E-state index contributed by atoms with van der Waals surface area (Å²) in [6.07, 6.45) is 11.3. The van der Waals surface area contributed by atoms with Gasteiger partial charge in [0, 0.05) is 25.6 Å². The smallest absolute Gasteiger partial charge is 0.453 e. The fourth-order valence-electron chi connectivity index (χ4n) is 11.2. The molecule has 3 aliphatic carbocycles. The SMILES string of the molecule is C[C@]12CC[C@@H]3c4ccc(OC(=O)N5CCC(N6CCCCC6)CC5)cc4C[C@@H](CCCCCCCCC[S+]([O-])CCCC(F)(F)C(F)(F)F)[C@H]3[C@@H]1CCC2O. The average Bonchev–Trinajstić information content (AvgIpc) is 3.47. The highest BCUT2D eigenvalue weighted by Crippen LogP contribution is 2.63. The summed E-state index contributed by atoms with van der Waals surface area (Å²) in [5.41, 5.74) is 2.70. The number of aliphatic hydroxyl groups excluding tert-OH is 1. The number of aliphatic hydroxyl groups is 1. The van der Waals surface area contributed by atoms with Crippen LogP contribution < -0.4 is 4.74 Å². The van der Waals surface area contributed by atoms with E-state index in [1.165, 1.54) is 43.5 Å². The third-order valence-electron chi connectivity index (χ3n) is 14.4. The lowest BCUT2D eigenvalue weighted by atomic mass is 9.52. The number of amides is 1. The van der Waals surface area contributed by atoms with E-state index >= 15 is 0 Å². The molecule has 2 heterocycles. The molecule has 1 aromatic rings. The summed E-state index contributed by atoms with van der Waals surface area (Å²) >= 11 is -1.37. The molecular weight excluding hydrogens is 736 g/mol. The molecule has 55 heavy (non-hydrogen) atoms. The van der Waals surface area contributed by atoms with Gasteiger partial charge in [-0.15, -0.1) is 0 Å². The molecule has 2 saturated carbocycles. The highest BCUT2D eigenvalue weighted by Gasteiger charge is 2.57. The van der Waals surface area contributed by atoms with Crippen molar-refractivity contribution in [2.75, 3.05) is 37.7 Å². The standard InChI is InChI=1S/C43H65F5N2O4S/c1-41-22-18-36-35-15-14-34(54-40(52)50-25-19-33(20-26-50)49-23-9-7-10-24-49)30-32(35)29-31(39(36)37(41)16-17-38(41)51)13-8-5-3-2-4-6-11-27-55(53)28-12-21-42(44,45)43(46,47)48/h14-15,30-31,33,36-39,51H,2-13,16-29H2,1H3/t31-,36-,37+,38?,39-,41+,55?/m1/s1. The van der Waals surface area contributed by atoms with Crippen LogP contribution in [0, 0.1) is 23.2 Å². The van der Waals surface area contributed by atoms with E-state index < -0.39 is 36.1 Å². The molecule has 0 radical (unpaired) electrons.